The summed E-state index contributed by atoms with van der Waals surface area (Å²) in [6.45, 7) is 0.773. The summed E-state index contributed by atoms with van der Waals surface area (Å²) in [5.41, 5.74) is 1.25. The van der Waals surface area contributed by atoms with Crippen LogP contribution in [0.1, 0.15) is 15.9 Å². The van der Waals surface area contributed by atoms with Crippen LogP contribution in [0.2, 0.25) is 5.02 Å². The second-order valence-corrected chi connectivity index (χ2v) is 5.88. The number of Topliss-reactive ketones (excluding diaryl/α,β-unsaturated/α-hetero) is 1. The number of carbonyl (C=O) groups is 1. The van der Waals surface area contributed by atoms with Crippen molar-refractivity contribution in [2.45, 2.75) is 0 Å². The van der Waals surface area contributed by atoms with Crippen molar-refractivity contribution in [1.29, 1.82) is 0 Å². The van der Waals surface area contributed by atoms with Crippen LogP contribution in [0.15, 0.2) is 53.5 Å². The van der Waals surface area contributed by atoms with Gasteiger partial charge in [-0.2, -0.15) is 0 Å². The van der Waals surface area contributed by atoms with E-state index < -0.39 is 4.92 Å². The molecule has 1 unspecified atom stereocenters. The average molecular weight is 380 g/mol. The Kier molecular flexibility index (Phi) is 6.12. The number of halogens is 2. The number of hydrogen-bond acceptors (Lipinski definition) is 5. The summed E-state index contributed by atoms with van der Waals surface area (Å²) >= 11 is 5.83. The SMILES string of the molecule is Cl.O=C(c1ccc(Cl)cc1)C1CN=C(c2cccc([N+](=O)[O-])c2)NC1. The zero-order valence-electron chi connectivity index (χ0n) is 13.0. The van der Waals surface area contributed by atoms with Crippen LogP contribution in [0.4, 0.5) is 5.69 Å². The number of hydrogen-bond donors (Lipinski definition) is 1. The normalized spacial score (nSPS) is 16.2. The molecule has 6 nitrogen and oxygen atoms in total. The third-order valence-corrected chi connectivity index (χ3v) is 4.07. The highest BCUT2D eigenvalue weighted by atomic mass is 35.5. The van der Waals surface area contributed by atoms with Crippen molar-refractivity contribution >= 4 is 41.3 Å². The van der Waals surface area contributed by atoms with E-state index in [4.69, 9.17) is 11.6 Å². The molecule has 0 radical (unpaired) electrons. The van der Waals surface area contributed by atoms with Gasteiger partial charge in [0, 0.05) is 34.8 Å². The van der Waals surface area contributed by atoms with Crippen LogP contribution in [-0.2, 0) is 0 Å². The second-order valence-electron chi connectivity index (χ2n) is 5.45. The lowest BCUT2D eigenvalue weighted by molar-refractivity contribution is -0.384. The minimum atomic E-state index is -0.445. The summed E-state index contributed by atoms with van der Waals surface area (Å²) in [7, 11) is 0. The summed E-state index contributed by atoms with van der Waals surface area (Å²) in [6.07, 6.45) is 0. The molecular formula is C17H15Cl2N3O3. The maximum Gasteiger partial charge on any atom is 0.270 e. The lowest BCUT2D eigenvalue weighted by Gasteiger charge is -2.22. The van der Waals surface area contributed by atoms with Crippen molar-refractivity contribution in [2.24, 2.45) is 10.9 Å². The largest absolute Gasteiger partial charge is 0.369 e. The van der Waals surface area contributed by atoms with Crippen molar-refractivity contribution in [2.75, 3.05) is 13.1 Å². The Hall–Kier alpha value is -2.44. The zero-order chi connectivity index (χ0) is 17.1. The van der Waals surface area contributed by atoms with E-state index in [9.17, 15) is 14.9 Å². The Morgan fingerprint density at radius 2 is 1.96 bits per heavy atom. The van der Waals surface area contributed by atoms with Gasteiger partial charge in [0.15, 0.2) is 5.78 Å². The summed E-state index contributed by atoms with van der Waals surface area (Å²) in [5, 5.41) is 14.5. The highest BCUT2D eigenvalue weighted by Gasteiger charge is 2.24. The molecule has 0 saturated heterocycles. The Morgan fingerprint density at radius 1 is 1.24 bits per heavy atom. The first-order valence-corrected chi connectivity index (χ1v) is 7.75. The van der Waals surface area contributed by atoms with Crippen molar-refractivity contribution < 1.29 is 9.72 Å². The minimum Gasteiger partial charge on any atom is -0.369 e. The average Bonchev–Trinajstić information content (AvgIpc) is 2.62. The number of rotatable bonds is 4. The topological polar surface area (TPSA) is 84.6 Å². The Morgan fingerprint density at radius 3 is 2.56 bits per heavy atom. The molecule has 2 aromatic carbocycles. The quantitative estimate of drug-likeness (QED) is 0.500. The standard InChI is InChI=1S/C17H14ClN3O3.ClH/c18-14-6-4-11(5-7-14)16(22)13-9-19-17(20-10-13)12-2-1-3-15(8-12)21(23)24;/h1-8,13H,9-10H2,(H,19,20);1H. The van der Waals surface area contributed by atoms with Gasteiger partial charge in [-0.15, -0.1) is 12.4 Å². The molecule has 0 bridgehead atoms. The first-order valence-electron chi connectivity index (χ1n) is 7.37. The number of ketones is 1. The molecule has 1 atom stereocenters. The van der Waals surface area contributed by atoms with Gasteiger partial charge < -0.3 is 5.32 Å². The van der Waals surface area contributed by atoms with Crippen LogP contribution >= 0.6 is 24.0 Å². The number of aliphatic imine (C=N–C) groups is 1. The number of nitro groups is 1. The predicted molar refractivity (Wildman–Crippen MR) is 99.0 cm³/mol. The molecule has 0 saturated carbocycles. The maximum absolute atomic E-state index is 12.5. The number of nitrogens with one attached hydrogen (secondary N) is 1. The van der Waals surface area contributed by atoms with Crippen LogP contribution < -0.4 is 5.32 Å². The highest BCUT2D eigenvalue weighted by Crippen LogP contribution is 2.18. The van der Waals surface area contributed by atoms with Crippen molar-refractivity contribution in [3.05, 3.63) is 74.8 Å². The Balaban J connectivity index is 0.00000225. The van der Waals surface area contributed by atoms with Crippen LogP contribution in [0, 0.1) is 16.0 Å². The first-order chi connectivity index (χ1) is 11.5. The van der Waals surface area contributed by atoms with Gasteiger partial charge in [0.2, 0.25) is 0 Å². The molecule has 1 N–H and O–H groups in total. The fourth-order valence-corrected chi connectivity index (χ4v) is 2.65. The summed E-state index contributed by atoms with van der Waals surface area (Å²) in [4.78, 5) is 27.2. The zero-order valence-corrected chi connectivity index (χ0v) is 14.6. The lowest BCUT2D eigenvalue weighted by atomic mass is 9.96. The van der Waals surface area contributed by atoms with Crippen molar-refractivity contribution in [3.63, 3.8) is 0 Å². The smallest absolute Gasteiger partial charge is 0.270 e. The van der Waals surface area contributed by atoms with Crippen LogP contribution in [0.5, 0.6) is 0 Å². The van der Waals surface area contributed by atoms with E-state index in [1.165, 1.54) is 12.1 Å². The van der Waals surface area contributed by atoms with E-state index in [1.54, 1.807) is 36.4 Å². The minimum absolute atomic E-state index is 0. The molecule has 3 rings (SSSR count). The molecule has 1 aliphatic rings. The molecule has 1 aliphatic heterocycles. The van der Waals surface area contributed by atoms with Gasteiger partial charge in [-0.25, -0.2) is 0 Å². The van der Waals surface area contributed by atoms with E-state index in [0.29, 0.717) is 35.1 Å². The first kappa shape index (κ1) is 18.9. The van der Waals surface area contributed by atoms with Crippen LogP contribution in [0.3, 0.4) is 0 Å². The fraction of sp³-hybridized carbons (Fsp3) is 0.176. The second kappa shape index (κ2) is 8.09. The summed E-state index contributed by atoms with van der Waals surface area (Å²) < 4.78 is 0. The van der Waals surface area contributed by atoms with Gasteiger partial charge in [-0.3, -0.25) is 19.9 Å². The molecule has 0 spiro atoms. The van der Waals surface area contributed by atoms with Gasteiger partial charge >= 0.3 is 0 Å². The number of benzene rings is 2. The van der Waals surface area contributed by atoms with Crippen LogP contribution in [0.25, 0.3) is 0 Å². The monoisotopic (exact) mass is 379 g/mol. The molecule has 2 aromatic rings. The van der Waals surface area contributed by atoms with Crippen molar-refractivity contribution in [1.82, 2.24) is 5.32 Å². The lowest BCUT2D eigenvalue weighted by Crippen LogP contribution is -2.39. The molecule has 8 heteroatoms. The van der Waals surface area contributed by atoms with Gasteiger partial charge in [-0.05, 0) is 24.3 Å². The fourth-order valence-electron chi connectivity index (χ4n) is 2.53. The van der Waals surface area contributed by atoms with Crippen molar-refractivity contribution in [3.8, 4) is 0 Å². The van der Waals surface area contributed by atoms with Gasteiger partial charge in [0.25, 0.3) is 5.69 Å². The number of carbonyl (C=O) groups excluding carboxylic acids is 1. The molecule has 0 fully saturated rings. The molecule has 130 valence electrons. The molecule has 0 amide bonds. The predicted octanol–water partition coefficient (Wildman–Crippen LogP) is 3.52. The van der Waals surface area contributed by atoms with Crippen LogP contribution in [-0.4, -0.2) is 29.6 Å². The maximum atomic E-state index is 12.5. The summed E-state index contributed by atoms with van der Waals surface area (Å²) in [5.74, 6) is 0.300. The third-order valence-electron chi connectivity index (χ3n) is 3.82. The summed E-state index contributed by atoms with van der Waals surface area (Å²) in [6, 6.07) is 13.0. The number of nitro benzene ring substituents is 1. The molecule has 25 heavy (non-hydrogen) atoms. The van der Waals surface area contributed by atoms with E-state index in [-0.39, 0.29) is 29.8 Å². The Bertz CT molecular complexity index is 822. The molecule has 1 heterocycles. The molecular weight excluding hydrogens is 365 g/mol. The van der Waals surface area contributed by atoms with E-state index in [0.717, 1.165) is 0 Å². The molecule has 0 aliphatic carbocycles. The van der Waals surface area contributed by atoms with E-state index in [1.807, 2.05) is 0 Å². The van der Waals surface area contributed by atoms with Gasteiger partial charge in [0.1, 0.15) is 5.84 Å². The van der Waals surface area contributed by atoms with E-state index in [2.05, 4.69) is 10.3 Å². The van der Waals surface area contributed by atoms with Gasteiger partial charge in [-0.1, -0.05) is 23.7 Å². The highest BCUT2D eigenvalue weighted by molar-refractivity contribution is 6.30. The van der Waals surface area contributed by atoms with E-state index >= 15 is 0 Å². The van der Waals surface area contributed by atoms with Gasteiger partial charge in [0.05, 0.1) is 17.4 Å². The number of non-ortho nitro benzene ring substituents is 1. The molecule has 0 aromatic heterocycles. The Labute approximate surface area is 155 Å². The number of nitrogens with zero attached hydrogens (tertiary/aromatic N) is 2. The third kappa shape index (κ3) is 4.35. The number of amidine groups is 1.